The van der Waals surface area contributed by atoms with Gasteiger partial charge in [0.25, 0.3) is 5.91 Å². The smallest absolute Gasteiger partial charge is 0.255 e. The van der Waals surface area contributed by atoms with E-state index in [1.54, 1.807) is 29.5 Å². The summed E-state index contributed by atoms with van der Waals surface area (Å²) in [6, 6.07) is 7.16. The van der Waals surface area contributed by atoms with Crippen molar-refractivity contribution in [1.29, 1.82) is 0 Å². The summed E-state index contributed by atoms with van der Waals surface area (Å²) in [5.41, 5.74) is 1.35. The van der Waals surface area contributed by atoms with Crippen molar-refractivity contribution in [2.24, 2.45) is 5.92 Å². The number of rotatable bonds is 6. The van der Waals surface area contributed by atoms with Gasteiger partial charge < -0.3 is 20.5 Å². The predicted molar refractivity (Wildman–Crippen MR) is 107 cm³/mol. The number of aromatic nitrogens is 1. The molecule has 2 unspecified atom stereocenters. The summed E-state index contributed by atoms with van der Waals surface area (Å²) >= 11 is 1.57. The Hall–Kier alpha value is -1.38. The van der Waals surface area contributed by atoms with Crippen LogP contribution in [0.3, 0.4) is 0 Å². The first-order valence-electron chi connectivity index (χ1n) is 7.93. The van der Waals surface area contributed by atoms with E-state index in [1.807, 2.05) is 18.4 Å². The SMILES string of the molecule is Cc1nc(COc2ccccc2C(=O)NCC2CNCC2O)cs1.Cl.Cl. The van der Waals surface area contributed by atoms with Crippen LogP contribution in [-0.4, -0.2) is 41.7 Å². The zero-order chi connectivity index (χ0) is 16.9. The number of carbonyl (C=O) groups is 1. The monoisotopic (exact) mass is 419 g/mol. The van der Waals surface area contributed by atoms with Crippen molar-refractivity contribution in [3.8, 4) is 5.75 Å². The van der Waals surface area contributed by atoms with E-state index in [4.69, 9.17) is 4.74 Å². The normalized spacial score (nSPS) is 18.5. The fourth-order valence-electron chi connectivity index (χ4n) is 2.65. The molecule has 0 spiro atoms. The number of hydrogen-bond donors (Lipinski definition) is 3. The molecule has 1 amide bonds. The second-order valence-electron chi connectivity index (χ2n) is 5.84. The highest BCUT2D eigenvalue weighted by Gasteiger charge is 2.25. The summed E-state index contributed by atoms with van der Waals surface area (Å²) < 4.78 is 5.77. The Morgan fingerprint density at radius 1 is 1.38 bits per heavy atom. The van der Waals surface area contributed by atoms with Gasteiger partial charge in [0.15, 0.2) is 0 Å². The van der Waals surface area contributed by atoms with E-state index >= 15 is 0 Å². The molecule has 1 aromatic heterocycles. The van der Waals surface area contributed by atoms with Gasteiger partial charge >= 0.3 is 0 Å². The Labute approximate surface area is 169 Å². The largest absolute Gasteiger partial charge is 0.486 e. The summed E-state index contributed by atoms with van der Waals surface area (Å²) in [7, 11) is 0. The first-order chi connectivity index (χ1) is 11.6. The number of aliphatic hydroxyl groups excluding tert-OH is 1. The van der Waals surface area contributed by atoms with Gasteiger partial charge in [-0.25, -0.2) is 4.98 Å². The highest BCUT2D eigenvalue weighted by molar-refractivity contribution is 7.09. The number of carbonyl (C=O) groups excluding carboxylic acids is 1. The molecule has 3 N–H and O–H groups in total. The second kappa shape index (κ2) is 10.7. The van der Waals surface area contributed by atoms with Crippen molar-refractivity contribution in [3.63, 3.8) is 0 Å². The number of amides is 1. The lowest BCUT2D eigenvalue weighted by Crippen LogP contribution is -2.34. The van der Waals surface area contributed by atoms with Crippen molar-refractivity contribution in [1.82, 2.24) is 15.6 Å². The summed E-state index contributed by atoms with van der Waals surface area (Å²) in [6.45, 7) is 4.00. The average Bonchev–Trinajstić information content (AvgIpc) is 3.19. The van der Waals surface area contributed by atoms with E-state index in [1.165, 1.54) is 0 Å². The molecule has 2 atom stereocenters. The molecule has 0 saturated carbocycles. The molecule has 9 heteroatoms. The average molecular weight is 420 g/mol. The molecular weight excluding hydrogens is 397 g/mol. The van der Waals surface area contributed by atoms with Gasteiger partial charge in [0.1, 0.15) is 12.4 Å². The van der Waals surface area contributed by atoms with Crippen LogP contribution in [0.4, 0.5) is 0 Å². The molecule has 0 radical (unpaired) electrons. The molecule has 1 saturated heterocycles. The number of ether oxygens (including phenoxy) is 1. The minimum absolute atomic E-state index is 0. The third-order valence-electron chi connectivity index (χ3n) is 4.00. The molecule has 0 aliphatic carbocycles. The number of β-amino-alcohol motifs (C(OH)–C–C–N with tert-alkyl or cyclic N) is 1. The number of benzene rings is 1. The summed E-state index contributed by atoms with van der Waals surface area (Å²) in [4.78, 5) is 16.8. The number of para-hydroxylation sites is 1. The molecule has 26 heavy (non-hydrogen) atoms. The fraction of sp³-hybridized carbons (Fsp3) is 0.412. The molecule has 6 nitrogen and oxygen atoms in total. The first kappa shape index (κ1) is 22.7. The molecule has 144 valence electrons. The summed E-state index contributed by atoms with van der Waals surface area (Å²) in [6.07, 6.45) is -0.412. The highest BCUT2D eigenvalue weighted by atomic mass is 35.5. The van der Waals surface area contributed by atoms with E-state index in [0.717, 1.165) is 10.7 Å². The Morgan fingerprint density at radius 2 is 2.15 bits per heavy atom. The van der Waals surface area contributed by atoms with Gasteiger partial charge in [0, 0.05) is 30.9 Å². The Morgan fingerprint density at radius 3 is 2.81 bits per heavy atom. The van der Waals surface area contributed by atoms with Crippen LogP contribution >= 0.6 is 36.2 Å². The number of aryl methyl sites for hydroxylation is 1. The standard InChI is InChI=1S/C17H21N3O3S.2ClH/c1-11-20-13(10-24-11)9-23-16-5-3-2-4-14(16)17(22)19-7-12-6-18-8-15(12)21;;/h2-5,10,12,15,18,21H,6-9H2,1H3,(H,19,22);2*1H. The Balaban J connectivity index is 0.00000169. The molecule has 1 aromatic carbocycles. The Kier molecular flexibility index (Phi) is 9.32. The predicted octanol–water partition coefficient (Wildman–Crippen LogP) is 2.18. The maximum absolute atomic E-state index is 12.4. The maximum Gasteiger partial charge on any atom is 0.255 e. The molecular formula is C17H23Cl2N3O3S. The molecule has 1 aliphatic rings. The lowest BCUT2D eigenvalue weighted by molar-refractivity contribution is 0.0922. The van der Waals surface area contributed by atoms with Gasteiger partial charge in [-0.1, -0.05) is 12.1 Å². The number of nitrogens with zero attached hydrogens (tertiary/aromatic N) is 1. The molecule has 1 aliphatic heterocycles. The van der Waals surface area contributed by atoms with Gasteiger partial charge in [0.2, 0.25) is 0 Å². The van der Waals surface area contributed by atoms with Crippen LogP contribution in [0, 0.1) is 12.8 Å². The van der Waals surface area contributed by atoms with Gasteiger partial charge in [-0.3, -0.25) is 4.79 Å². The minimum Gasteiger partial charge on any atom is -0.486 e. The number of hydrogen-bond acceptors (Lipinski definition) is 6. The van der Waals surface area contributed by atoms with Gasteiger partial charge in [0.05, 0.1) is 22.4 Å². The number of nitrogens with one attached hydrogen (secondary N) is 2. The highest BCUT2D eigenvalue weighted by Crippen LogP contribution is 2.20. The van der Waals surface area contributed by atoms with Crippen molar-refractivity contribution in [2.75, 3.05) is 19.6 Å². The maximum atomic E-state index is 12.4. The van der Waals surface area contributed by atoms with Gasteiger partial charge in [-0.15, -0.1) is 36.2 Å². The van der Waals surface area contributed by atoms with Crippen LogP contribution in [-0.2, 0) is 6.61 Å². The summed E-state index contributed by atoms with van der Waals surface area (Å²) in [5.74, 6) is 0.380. The lowest BCUT2D eigenvalue weighted by atomic mass is 10.1. The van der Waals surface area contributed by atoms with E-state index in [9.17, 15) is 9.90 Å². The van der Waals surface area contributed by atoms with Crippen LogP contribution in [0.2, 0.25) is 0 Å². The van der Waals surface area contributed by atoms with E-state index in [2.05, 4.69) is 15.6 Å². The van der Waals surface area contributed by atoms with Crippen LogP contribution in [0.25, 0.3) is 0 Å². The van der Waals surface area contributed by atoms with E-state index in [0.29, 0.717) is 37.6 Å². The van der Waals surface area contributed by atoms with Gasteiger partial charge in [-0.2, -0.15) is 0 Å². The van der Waals surface area contributed by atoms with Gasteiger partial charge in [-0.05, 0) is 19.1 Å². The number of halogens is 2. The molecule has 2 aromatic rings. The third-order valence-corrected chi connectivity index (χ3v) is 4.83. The van der Waals surface area contributed by atoms with Crippen LogP contribution in [0.5, 0.6) is 5.75 Å². The van der Waals surface area contributed by atoms with Crippen LogP contribution in [0.15, 0.2) is 29.6 Å². The van der Waals surface area contributed by atoms with E-state index in [-0.39, 0.29) is 36.6 Å². The molecule has 2 heterocycles. The van der Waals surface area contributed by atoms with E-state index < -0.39 is 6.10 Å². The molecule has 0 bridgehead atoms. The molecule has 1 fully saturated rings. The van der Waals surface area contributed by atoms with Crippen molar-refractivity contribution in [3.05, 3.63) is 45.9 Å². The van der Waals surface area contributed by atoms with Crippen molar-refractivity contribution >= 4 is 42.1 Å². The number of thiazole rings is 1. The fourth-order valence-corrected chi connectivity index (χ4v) is 3.25. The topological polar surface area (TPSA) is 83.5 Å². The second-order valence-corrected chi connectivity index (χ2v) is 6.90. The number of aliphatic hydroxyl groups is 1. The quantitative estimate of drug-likeness (QED) is 0.668. The van der Waals surface area contributed by atoms with Crippen LogP contribution in [0.1, 0.15) is 21.1 Å². The van der Waals surface area contributed by atoms with Crippen LogP contribution < -0.4 is 15.4 Å². The van der Waals surface area contributed by atoms with Crippen molar-refractivity contribution < 1.29 is 14.6 Å². The zero-order valence-corrected chi connectivity index (χ0v) is 16.8. The minimum atomic E-state index is -0.412. The third kappa shape index (κ3) is 5.82. The summed E-state index contributed by atoms with van der Waals surface area (Å²) in [5, 5.41) is 18.7. The first-order valence-corrected chi connectivity index (χ1v) is 8.81. The lowest BCUT2D eigenvalue weighted by Gasteiger charge is -2.15. The molecule has 3 rings (SSSR count). The Bertz CT molecular complexity index is 714. The van der Waals surface area contributed by atoms with Crippen molar-refractivity contribution in [2.45, 2.75) is 19.6 Å². The zero-order valence-electron chi connectivity index (χ0n) is 14.3.